The number of nitrogens with one attached hydrogen (secondary N) is 2. The van der Waals surface area contributed by atoms with E-state index in [1.54, 1.807) is 24.3 Å². The molecule has 61 heavy (non-hydrogen) atoms. The molecule has 0 fully saturated rings. The van der Waals surface area contributed by atoms with Gasteiger partial charge in [0.1, 0.15) is 0 Å². The molecular formula is C48H48N6O7. The van der Waals surface area contributed by atoms with Crippen molar-refractivity contribution in [1.29, 1.82) is 0 Å². The number of hydrogen-bond acceptors (Lipinski definition) is 9. The Morgan fingerprint density at radius 3 is 1.30 bits per heavy atom. The van der Waals surface area contributed by atoms with Gasteiger partial charge in [0.2, 0.25) is 0 Å². The molecule has 6 aromatic rings. The minimum Gasteiger partial charge on any atom is -0.478 e. The summed E-state index contributed by atoms with van der Waals surface area (Å²) in [5.41, 5.74) is 8.70. The molecule has 0 aliphatic heterocycles. The van der Waals surface area contributed by atoms with Gasteiger partial charge in [0.15, 0.2) is 0 Å². The van der Waals surface area contributed by atoms with Crippen LogP contribution in [0.25, 0.3) is 21.5 Å². The van der Waals surface area contributed by atoms with Crippen molar-refractivity contribution < 1.29 is 34.1 Å². The Morgan fingerprint density at radius 2 is 0.902 bits per heavy atom. The van der Waals surface area contributed by atoms with E-state index in [4.69, 9.17) is 14.9 Å². The van der Waals surface area contributed by atoms with Crippen molar-refractivity contribution in [3.05, 3.63) is 156 Å². The van der Waals surface area contributed by atoms with E-state index in [1.807, 2.05) is 70.5 Å². The van der Waals surface area contributed by atoms with Crippen LogP contribution >= 0.6 is 0 Å². The summed E-state index contributed by atoms with van der Waals surface area (Å²) in [6, 6.07) is 40.9. The highest BCUT2D eigenvalue weighted by molar-refractivity contribution is 5.92. The van der Waals surface area contributed by atoms with Gasteiger partial charge in [-0.3, -0.25) is 9.59 Å². The number of nitrogens with zero attached hydrogens (tertiary/aromatic N) is 4. The number of unbranched alkanes of at least 4 members (excludes halogenated alkanes) is 2. The second-order valence-electron chi connectivity index (χ2n) is 14.4. The van der Waals surface area contributed by atoms with Crippen LogP contribution in [0.4, 0.5) is 11.4 Å². The minimum absolute atomic E-state index is 0.0922. The second-order valence-corrected chi connectivity index (χ2v) is 14.4. The van der Waals surface area contributed by atoms with Gasteiger partial charge in [0.25, 0.3) is 11.8 Å². The minimum atomic E-state index is -1.01. The number of benzene rings is 6. The van der Waals surface area contributed by atoms with Crippen molar-refractivity contribution >= 4 is 69.1 Å². The van der Waals surface area contributed by atoms with Crippen LogP contribution in [0.3, 0.4) is 0 Å². The standard InChI is InChI=1S/C48H48N6O7/c55-45(51-49-31-35-13-17-39(18-14-35)47(57)58)33-53(43-23-21-37-9-1-3-11-41(37)29-43)25-5-7-27-61-28-8-6-26-54(44-24-22-38-10-2-4-12-42(38)30-44)34-46(56)52-50-32-36-15-19-40(20-16-36)48(59)60/h1-4,9-24,29-32H,5-8,25-28,33-34H2,(H,51,55)(H,52,56)(H,57,58)(H,59,60)/b49-31-,50-32-. The Hall–Kier alpha value is -7.38. The summed E-state index contributed by atoms with van der Waals surface area (Å²) >= 11 is 0. The summed E-state index contributed by atoms with van der Waals surface area (Å²) in [5, 5.41) is 30.8. The van der Waals surface area contributed by atoms with Crippen LogP contribution in [0.1, 0.15) is 57.5 Å². The van der Waals surface area contributed by atoms with E-state index in [9.17, 15) is 19.2 Å². The number of anilines is 2. The van der Waals surface area contributed by atoms with Crippen molar-refractivity contribution in [1.82, 2.24) is 10.9 Å². The first-order valence-corrected chi connectivity index (χ1v) is 20.1. The molecule has 0 atom stereocenters. The molecule has 2 amide bonds. The summed E-state index contributed by atoms with van der Waals surface area (Å²) in [5.74, 6) is -2.59. The van der Waals surface area contributed by atoms with Crippen molar-refractivity contribution in [2.75, 3.05) is 49.2 Å². The summed E-state index contributed by atoms with van der Waals surface area (Å²) in [7, 11) is 0. The van der Waals surface area contributed by atoms with Crippen LogP contribution < -0.4 is 20.7 Å². The molecule has 13 nitrogen and oxygen atoms in total. The van der Waals surface area contributed by atoms with Gasteiger partial charge in [-0.15, -0.1) is 0 Å². The van der Waals surface area contributed by atoms with Gasteiger partial charge in [-0.25, -0.2) is 20.4 Å². The number of hydrazone groups is 2. The third-order valence-corrected chi connectivity index (χ3v) is 9.92. The number of carbonyl (C=O) groups excluding carboxylic acids is 2. The SMILES string of the molecule is O=C(CN(CCCCOCCCCN(CC(=O)N/N=C\c1ccc(C(=O)O)cc1)c1ccc2ccccc2c1)c1ccc2ccccc2c1)N/N=C\c1ccc(C(=O)O)cc1. The molecule has 0 aliphatic carbocycles. The first-order chi connectivity index (χ1) is 29.7. The first kappa shape index (κ1) is 43.2. The zero-order chi connectivity index (χ0) is 42.8. The lowest BCUT2D eigenvalue weighted by atomic mass is 10.1. The molecular weight excluding hydrogens is 773 g/mol. The van der Waals surface area contributed by atoms with Crippen molar-refractivity contribution in [2.24, 2.45) is 10.2 Å². The number of ether oxygens (including phenoxy) is 1. The van der Waals surface area contributed by atoms with Gasteiger partial charge in [0, 0.05) is 37.7 Å². The zero-order valence-corrected chi connectivity index (χ0v) is 33.7. The number of hydrogen-bond donors (Lipinski definition) is 4. The van der Waals surface area contributed by atoms with Crippen LogP contribution in [0, 0.1) is 0 Å². The van der Waals surface area contributed by atoms with E-state index in [0.717, 1.165) is 58.6 Å². The zero-order valence-electron chi connectivity index (χ0n) is 33.7. The average molecular weight is 821 g/mol. The fourth-order valence-corrected chi connectivity index (χ4v) is 6.66. The molecule has 6 aromatic carbocycles. The quantitative estimate of drug-likeness (QED) is 0.0306. The Bertz CT molecular complexity index is 2320. The molecule has 6 rings (SSSR count). The van der Waals surface area contributed by atoms with Crippen molar-refractivity contribution in [3.8, 4) is 0 Å². The fourth-order valence-electron chi connectivity index (χ4n) is 6.66. The molecule has 312 valence electrons. The molecule has 0 bridgehead atoms. The Morgan fingerprint density at radius 1 is 0.508 bits per heavy atom. The highest BCUT2D eigenvalue weighted by atomic mass is 16.5. The number of rotatable bonds is 22. The maximum atomic E-state index is 13.0. The fraction of sp³-hybridized carbons (Fsp3) is 0.208. The van der Waals surface area contributed by atoms with Gasteiger partial charge in [-0.2, -0.15) is 10.2 Å². The lowest BCUT2D eigenvalue weighted by molar-refractivity contribution is -0.120. The average Bonchev–Trinajstić information content (AvgIpc) is 3.27. The van der Waals surface area contributed by atoms with E-state index in [0.29, 0.717) is 37.4 Å². The smallest absolute Gasteiger partial charge is 0.335 e. The summed E-state index contributed by atoms with van der Waals surface area (Å²) < 4.78 is 6.02. The van der Waals surface area contributed by atoms with Crippen LogP contribution in [0.2, 0.25) is 0 Å². The molecule has 0 saturated heterocycles. The highest BCUT2D eigenvalue weighted by Crippen LogP contribution is 2.24. The predicted octanol–water partition coefficient (Wildman–Crippen LogP) is 7.58. The maximum Gasteiger partial charge on any atom is 0.335 e. The van der Waals surface area contributed by atoms with E-state index in [2.05, 4.69) is 45.3 Å². The van der Waals surface area contributed by atoms with Gasteiger partial charge < -0.3 is 24.7 Å². The van der Waals surface area contributed by atoms with Crippen molar-refractivity contribution in [2.45, 2.75) is 25.7 Å². The molecule has 0 saturated carbocycles. The van der Waals surface area contributed by atoms with Crippen LogP contribution in [0.5, 0.6) is 0 Å². The van der Waals surface area contributed by atoms with Gasteiger partial charge in [0.05, 0.1) is 36.6 Å². The van der Waals surface area contributed by atoms with E-state index < -0.39 is 11.9 Å². The van der Waals surface area contributed by atoms with E-state index in [-0.39, 0.29) is 36.0 Å². The van der Waals surface area contributed by atoms with Crippen LogP contribution in [-0.2, 0) is 14.3 Å². The lowest BCUT2D eigenvalue weighted by Gasteiger charge is -2.24. The molecule has 0 spiro atoms. The molecule has 0 aliphatic rings. The van der Waals surface area contributed by atoms with Crippen LogP contribution in [-0.4, -0.2) is 85.8 Å². The monoisotopic (exact) mass is 820 g/mol. The number of carboxylic acids is 2. The Balaban J connectivity index is 0.966. The third kappa shape index (κ3) is 13.3. The second kappa shape index (κ2) is 22.1. The molecule has 13 heteroatoms. The highest BCUT2D eigenvalue weighted by Gasteiger charge is 2.14. The first-order valence-electron chi connectivity index (χ1n) is 20.1. The number of aromatic carboxylic acids is 2. The summed E-state index contributed by atoms with van der Waals surface area (Å²) in [6.45, 7) is 2.57. The molecule has 0 heterocycles. The Kier molecular flexibility index (Phi) is 15.7. The normalized spacial score (nSPS) is 11.3. The maximum absolute atomic E-state index is 13.0. The molecule has 4 N–H and O–H groups in total. The number of fused-ring (bicyclic) bond motifs is 2. The van der Waals surface area contributed by atoms with Gasteiger partial charge >= 0.3 is 11.9 Å². The van der Waals surface area contributed by atoms with Gasteiger partial charge in [-0.1, -0.05) is 84.9 Å². The molecule has 0 aromatic heterocycles. The Labute approximate surface area is 354 Å². The molecule has 0 radical (unpaired) electrons. The molecule has 0 unspecified atom stereocenters. The summed E-state index contributed by atoms with van der Waals surface area (Å²) in [6.07, 6.45) is 6.13. The van der Waals surface area contributed by atoms with Crippen molar-refractivity contribution in [3.63, 3.8) is 0 Å². The topological polar surface area (TPSA) is 173 Å². The summed E-state index contributed by atoms with van der Waals surface area (Å²) in [4.78, 5) is 52.4. The number of amides is 2. The number of carbonyl (C=O) groups is 4. The third-order valence-electron chi connectivity index (χ3n) is 9.92. The van der Waals surface area contributed by atoms with Crippen LogP contribution in [0.15, 0.2) is 144 Å². The van der Waals surface area contributed by atoms with E-state index in [1.165, 1.54) is 36.7 Å². The largest absolute Gasteiger partial charge is 0.478 e. The lowest BCUT2D eigenvalue weighted by Crippen LogP contribution is -2.36. The number of carboxylic acid groups (broad SMARTS) is 2. The predicted molar refractivity (Wildman–Crippen MR) is 240 cm³/mol. The van der Waals surface area contributed by atoms with E-state index >= 15 is 0 Å². The van der Waals surface area contributed by atoms with Gasteiger partial charge in [-0.05, 0) is 107 Å².